The minimum absolute atomic E-state index is 0.0605. The highest BCUT2D eigenvalue weighted by molar-refractivity contribution is 6.12. The first kappa shape index (κ1) is 10.9. The number of alkyl halides is 1. The molecule has 0 spiro atoms. The maximum Gasteiger partial charge on any atom is 0.178 e. The third kappa shape index (κ3) is 2.64. The third-order valence-corrected chi connectivity index (χ3v) is 2.38. The summed E-state index contributed by atoms with van der Waals surface area (Å²) in [6, 6.07) is -0.224. The molecular formula is C7H14BFN2O2. The van der Waals surface area contributed by atoms with E-state index < -0.39 is 12.0 Å². The van der Waals surface area contributed by atoms with Crippen LogP contribution in [0.4, 0.5) is 4.39 Å². The van der Waals surface area contributed by atoms with Crippen molar-refractivity contribution in [3.05, 3.63) is 0 Å². The van der Waals surface area contributed by atoms with Gasteiger partial charge >= 0.3 is 0 Å². The van der Waals surface area contributed by atoms with Crippen LogP contribution in [-0.4, -0.2) is 61.1 Å². The molecule has 0 aliphatic carbocycles. The third-order valence-electron chi connectivity index (χ3n) is 2.38. The van der Waals surface area contributed by atoms with Crippen molar-refractivity contribution in [3.63, 3.8) is 0 Å². The lowest BCUT2D eigenvalue weighted by Crippen LogP contribution is -2.58. The standard InChI is InChI=1S/C7H14BFN2O2/c1-10-6-2-3-11(4-5(6)9)7(8,12)13/h5-6,10,12-13H,2-4H2,1H3. The first-order chi connectivity index (χ1) is 5.95. The van der Waals surface area contributed by atoms with E-state index in [1.807, 2.05) is 0 Å². The topological polar surface area (TPSA) is 55.7 Å². The molecule has 2 unspecified atom stereocenters. The van der Waals surface area contributed by atoms with Crippen LogP contribution in [-0.2, 0) is 0 Å². The van der Waals surface area contributed by atoms with E-state index in [4.69, 9.17) is 18.1 Å². The molecule has 2 atom stereocenters. The molecule has 4 nitrogen and oxygen atoms in total. The van der Waals surface area contributed by atoms with E-state index in [1.54, 1.807) is 7.05 Å². The highest BCUT2D eigenvalue weighted by atomic mass is 19.1. The lowest BCUT2D eigenvalue weighted by Gasteiger charge is -2.40. The second-order valence-electron chi connectivity index (χ2n) is 3.33. The smallest absolute Gasteiger partial charge is 0.178 e. The van der Waals surface area contributed by atoms with Crippen LogP contribution in [0, 0.1) is 0 Å². The summed E-state index contributed by atoms with van der Waals surface area (Å²) in [4.78, 5) is 1.10. The van der Waals surface area contributed by atoms with Crippen molar-refractivity contribution >= 4 is 7.85 Å². The molecule has 0 saturated carbocycles. The monoisotopic (exact) mass is 188 g/mol. The summed E-state index contributed by atoms with van der Waals surface area (Å²) < 4.78 is 13.2. The van der Waals surface area contributed by atoms with Gasteiger partial charge in [-0.3, -0.25) is 4.90 Å². The average molecular weight is 188 g/mol. The van der Waals surface area contributed by atoms with E-state index in [0.29, 0.717) is 13.0 Å². The summed E-state index contributed by atoms with van der Waals surface area (Å²) in [7, 11) is 6.69. The number of hydrogen-bond acceptors (Lipinski definition) is 4. The first-order valence-electron chi connectivity index (χ1n) is 4.25. The van der Waals surface area contributed by atoms with Gasteiger partial charge in [0.2, 0.25) is 0 Å². The van der Waals surface area contributed by atoms with Crippen LogP contribution in [0.2, 0.25) is 0 Å². The fourth-order valence-corrected chi connectivity index (χ4v) is 1.53. The molecular weight excluding hydrogens is 174 g/mol. The van der Waals surface area contributed by atoms with Crippen LogP contribution in [0.1, 0.15) is 6.42 Å². The zero-order chi connectivity index (χ0) is 10.1. The highest BCUT2D eigenvalue weighted by Gasteiger charge is 2.35. The Kier molecular flexibility index (Phi) is 3.29. The van der Waals surface area contributed by atoms with Crippen LogP contribution in [0.15, 0.2) is 0 Å². The summed E-state index contributed by atoms with van der Waals surface area (Å²) in [5.74, 6) is -2.40. The Morgan fingerprint density at radius 1 is 1.62 bits per heavy atom. The fraction of sp³-hybridized carbons (Fsp3) is 1.00. The van der Waals surface area contributed by atoms with E-state index in [1.165, 1.54) is 0 Å². The Morgan fingerprint density at radius 2 is 2.23 bits per heavy atom. The minimum atomic E-state index is -2.40. The molecule has 1 saturated heterocycles. The van der Waals surface area contributed by atoms with Gasteiger partial charge in [0.25, 0.3) is 0 Å². The van der Waals surface area contributed by atoms with E-state index in [2.05, 4.69) is 5.32 Å². The average Bonchev–Trinajstić information content (AvgIpc) is 2.02. The molecule has 1 aliphatic heterocycles. The van der Waals surface area contributed by atoms with Gasteiger partial charge in [-0.15, -0.1) is 0 Å². The second-order valence-corrected chi connectivity index (χ2v) is 3.33. The molecule has 0 aromatic rings. The van der Waals surface area contributed by atoms with E-state index >= 15 is 0 Å². The largest absolute Gasteiger partial charge is 0.362 e. The maximum absolute atomic E-state index is 13.2. The zero-order valence-corrected chi connectivity index (χ0v) is 7.57. The molecule has 1 heterocycles. The molecule has 0 aromatic heterocycles. The van der Waals surface area contributed by atoms with Crippen molar-refractivity contribution in [1.29, 1.82) is 0 Å². The Bertz CT molecular complexity index is 176. The molecule has 0 bridgehead atoms. The van der Waals surface area contributed by atoms with Gasteiger partial charge in [-0.25, -0.2) is 4.39 Å². The van der Waals surface area contributed by atoms with Gasteiger partial charge in [-0.05, 0) is 13.5 Å². The van der Waals surface area contributed by atoms with E-state index in [0.717, 1.165) is 4.90 Å². The maximum atomic E-state index is 13.2. The van der Waals surface area contributed by atoms with Crippen LogP contribution in [0.5, 0.6) is 0 Å². The predicted molar refractivity (Wildman–Crippen MR) is 46.9 cm³/mol. The number of rotatable bonds is 2. The fourth-order valence-electron chi connectivity index (χ4n) is 1.53. The molecule has 0 aromatic carbocycles. The van der Waals surface area contributed by atoms with Crippen LogP contribution >= 0.6 is 0 Å². The van der Waals surface area contributed by atoms with Gasteiger partial charge in [0.1, 0.15) is 6.17 Å². The highest BCUT2D eigenvalue weighted by Crippen LogP contribution is 2.17. The number of aliphatic hydroxyl groups is 2. The molecule has 74 valence electrons. The minimum Gasteiger partial charge on any atom is -0.362 e. The van der Waals surface area contributed by atoms with Crippen molar-refractivity contribution in [2.45, 2.75) is 24.4 Å². The van der Waals surface area contributed by atoms with Gasteiger partial charge in [-0.1, -0.05) is 0 Å². The number of nitrogens with one attached hydrogen (secondary N) is 1. The van der Waals surface area contributed by atoms with Crippen molar-refractivity contribution in [2.75, 3.05) is 20.1 Å². The van der Waals surface area contributed by atoms with Gasteiger partial charge < -0.3 is 15.5 Å². The molecule has 13 heavy (non-hydrogen) atoms. The number of halogens is 1. The van der Waals surface area contributed by atoms with Crippen LogP contribution in [0.25, 0.3) is 0 Å². The summed E-state index contributed by atoms with van der Waals surface area (Å²) in [6.45, 7) is 0.310. The molecule has 0 amide bonds. The van der Waals surface area contributed by atoms with Crippen molar-refractivity contribution in [3.8, 4) is 0 Å². The van der Waals surface area contributed by atoms with Crippen molar-refractivity contribution < 1.29 is 14.6 Å². The molecule has 3 N–H and O–H groups in total. The summed E-state index contributed by atoms with van der Waals surface area (Å²) in [6.07, 6.45) is -0.612. The second kappa shape index (κ2) is 3.92. The Morgan fingerprint density at radius 3 is 2.62 bits per heavy atom. The Labute approximate surface area is 78.1 Å². The SMILES string of the molecule is [B]C(O)(O)N1CCC(NC)C(F)C1. The van der Waals surface area contributed by atoms with Gasteiger partial charge in [0.05, 0.1) is 0 Å². The van der Waals surface area contributed by atoms with Crippen molar-refractivity contribution in [1.82, 2.24) is 10.2 Å². The van der Waals surface area contributed by atoms with Gasteiger partial charge in [0, 0.05) is 19.1 Å². The number of likely N-dealkylation sites (tertiary alicyclic amines) is 1. The number of piperidine rings is 1. The lowest BCUT2D eigenvalue weighted by molar-refractivity contribution is -0.208. The molecule has 1 rings (SSSR count). The molecule has 1 aliphatic rings. The van der Waals surface area contributed by atoms with E-state index in [-0.39, 0.29) is 12.6 Å². The Balaban J connectivity index is 2.51. The molecule has 2 radical (unpaired) electrons. The number of nitrogens with zero attached hydrogens (tertiary/aromatic N) is 1. The summed E-state index contributed by atoms with van der Waals surface area (Å²) in [5, 5.41) is 20.8. The van der Waals surface area contributed by atoms with Crippen LogP contribution in [0.3, 0.4) is 0 Å². The molecule has 1 fully saturated rings. The summed E-state index contributed by atoms with van der Waals surface area (Å²) >= 11 is 0. The van der Waals surface area contributed by atoms with Gasteiger partial charge in [0.15, 0.2) is 13.7 Å². The van der Waals surface area contributed by atoms with Crippen LogP contribution < -0.4 is 5.32 Å². The first-order valence-corrected chi connectivity index (χ1v) is 4.25. The summed E-state index contributed by atoms with van der Waals surface area (Å²) in [5.41, 5.74) is 0. The quantitative estimate of drug-likeness (QED) is 0.360. The lowest BCUT2D eigenvalue weighted by atomic mass is 9.96. The Hall–Kier alpha value is -0.165. The normalized spacial score (nSPS) is 32.0. The predicted octanol–water partition coefficient (Wildman–Crippen LogP) is -1.62. The van der Waals surface area contributed by atoms with Crippen molar-refractivity contribution in [2.24, 2.45) is 0 Å². The number of hydrogen-bond donors (Lipinski definition) is 3. The molecule has 6 heteroatoms. The van der Waals surface area contributed by atoms with Gasteiger partial charge in [-0.2, -0.15) is 0 Å². The van der Waals surface area contributed by atoms with E-state index in [9.17, 15) is 4.39 Å². The zero-order valence-electron chi connectivity index (χ0n) is 7.57.